The number of nitriles is 1. The maximum atomic E-state index is 12.9. The van der Waals surface area contributed by atoms with Gasteiger partial charge in [-0.1, -0.05) is 18.2 Å². The highest BCUT2D eigenvalue weighted by Crippen LogP contribution is 2.26. The second-order valence-corrected chi connectivity index (χ2v) is 9.56. The second kappa shape index (κ2) is 12.0. The van der Waals surface area contributed by atoms with Crippen LogP contribution in [-0.2, 0) is 0 Å². The molecule has 0 spiro atoms. The summed E-state index contributed by atoms with van der Waals surface area (Å²) < 4.78 is 5.79. The summed E-state index contributed by atoms with van der Waals surface area (Å²) in [5.41, 5.74) is 3.46. The molecule has 8 heteroatoms. The highest BCUT2D eigenvalue weighted by atomic mass is 16.5. The lowest BCUT2D eigenvalue weighted by Gasteiger charge is -2.26. The second-order valence-electron chi connectivity index (χ2n) is 9.56. The number of nitrogens with zero attached hydrogens (tertiary/aromatic N) is 3. The molecule has 1 heterocycles. The Morgan fingerprint density at radius 2 is 1.45 bits per heavy atom. The first-order valence-electron chi connectivity index (χ1n) is 13.0. The molecule has 4 aromatic carbocycles. The van der Waals surface area contributed by atoms with E-state index in [1.165, 1.54) is 0 Å². The van der Waals surface area contributed by atoms with Crippen LogP contribution >= 0.6 is 0 Å². The third-order valence-electron chi connectivity index (χ3n) is 6.87. The average molecular weight is 532 g/mol. The molecule has 0 bridgehead atoms. The van der Waals surface area contributed by atoms with E-state index in [0.717, 1.165) is 30.9 Å². The quantitative estimate of drug-likeness (QED) is 0.290. The van der Waals surface area contributed by atoms with Gasteiger partial charge in [0.1, 0.15) is 11.5 Å². The fourth-order valence-corrected chi connectivity index (χ4v) is 4.63. The molecule has 1 aliphatic rings. The minimum absolute atomic E-state index is 0.0553. The highest BCUT2D eigenvalue weighted by Gasteiger charge is 2.29. The van der Waals surface area contributed by atoms with Crippen LogP contribution in [0.15, 0.2) is 103 Å². The zero-order valence-electron chi connectivity index (χ0n) is 22.1. The number of anilines is 3. The number of carbonyl (C=O) groups excluding carboxylic acids is 2. The number of likely N-dealkylation sites (N-methyl/N-ethyl adjacent to an activating group) is 1. The van der Waals surface area contributed by atoms with Gasteiger partial charge in [0.25, 0.3) is 5.91 Å². The summed E-state index contributed by atoms with van der Waals surface area (Å²) in [6.45, 7) is 1.54. The molecule has 1 fully saturated rings. The topological polar surface area (TPSA) is 97.7 Å². The van der Waals surface area contributed by atoms with Gasteiger partial charge >= 0.3 is 6.03 Å². The molecule has 0 saturated carbocycles. The van der Waals surface area contributed by atoms with Crippen molar-refractivity contribution in [2.24, 2.45) is 0 Å². The van der Waals surface area contributed by atoms with Crippen LogP contribution in [0.1, 0.15) is 22.3 Å². The summed E-state index contributed by atoms with van der Waals surface area (Å²) in [6, 6.07) is 32.9. The number of ether oxygens (including phenoxy) is 1. The smallest absolute Gasteiger partial charge is 0.323 e. The van der Waals surface area contributed by atoms with Crippen molar-refractivity contribution < 1.29 is 14.3 Å². The molecule has 2 N–H and O–H groups in total. The number of urea groups is 1. The number of nitrogens with one attached hydrogen (secondary N) is 2. The van der Waals surface area contributed by atoms with Crippen LogP contribution in [0.4, 0.5) is 21.9 Å². The van der Waals surface area contributed by atoms with Crippen LogP contribution in [0, 0.1) is 11.3 Å². The number of rotatable bonds is 7. The predicted octanol–water partition coefficient (Wildman–Crippen LogP) is 6.35. The Hall–Kier alpha value is -5.29. The van der Waals surface area contributed by atoms with Gasteiger partial charge in [0.2, 0.25) is 0 Å². The van der Waals surface area contributed by atoms with Crippen LogP contribution in [-0.4, -0.2) is 43.0 Å². The Labute approximate surface area is 233 Å². The van der Waals surface area contributed by atoms with Crippen molar-refractivity contribution in [3.05, 3.63) is 114 Å². The van der Waals surface area contributed by atoms with E-state index in [-0.39, 0.29) is 18.0 Å². The van der Waals surface area contributed by atoms with Gasteiger partial charge in [-0.2, -0.15) is 5.26 Å². The largest absolute Gasteiger partial charge is 0.457 e. The fraction of sp³-hybridized carbons (Fsp3) is 0.156. The van der Waals surface area contributed by atoms with E-state index in [9.17, 15) is 9.59 Å². The van der Waals surface area contributed by atoms with Gasteiger partial charge < -0.3 is 25.2 Å². The molecule has 0 aliphatic carbocycles. The Kier molecular flexibility index (Phi) is 7.93. The number of amides is 3. The maximum absolute atomic E-state index is 12.9. The number of para-hydroxylation sites is 1. The molecule has 1 unspecified atom stereocenters. The van der Waals surface area contributed by atoms with Crippen LogP contribution in [0.2, 0.25) is 0 Å². The van der Waals surface area contributed by atoms with Crippen LogP contribution in [0.5, 0.6) is 11.5 Å². The van der Waals surface area contributed by atoms with Gasteiger partial charge in [-0.25, -0.2) is 4.79 Å². The molecule has 40 heavy (non-hydrogen) atoms. The van der Waals surface area contributed by atoms with Crippen molar-refractivity contribution in [3.63, 3.8) is 0 Å². The van der Waals surface area contributed by atoms with E-state index in [4.69, 9.17) is 10.00 Å². The molecule has 1 atom stereocenters. The van der Waals surface area contributed by atoms with Crippen molar-refractivity contribution in [1.82, 2.24) is 4.90 Å². The fourth-order valence-electron chi connectivity index (χ4n) is 4.63. The van der Waals surface area contributed by atoms with Gasteiger partial charge in [0.05, 0.1) is 17.7 Å². The highest BCUT2D eigenvalue weighted by molar-refractivity contribution is 5.99. The zero-order chi connectivity index (χ0) is 27.9. The third-order valence-corrected chi connectivity index (χ3v) is 6.87. The first-order chi connectivity index (χ1) is 19.5. The molecule has 1 aliphatic heterocycles. The molecule has 0 radical (unpaired) electrons. The standard InChI is InChI=1S/C32H29N5O3/c1-36(31(38)24-9-7-23(21-33)8-10-24)28-19-20-37(22-28)27-15-11-25(12-16-27)34-32(39)35-26-13-17-30(18-14-26)40-29-5-3-2-4-6-29/h2-18,28H,19-20,22H2,1H3,(H2,34,35,39). The first-order valence-corrected chi connectivity index (χ1v) is 13.0. The van der Waals surface area contributed by atoms with Crippen LogP contribution in [0.3, 0.4) is 0 Å². The van der Waals surface area contributed by atoms with Crippen molar-refractivity contribution in [1.29, 1.82) is 5.26 Å². The van der Waals surface area contributed by atoms with Crippen molar-refractivity contribution >= 4 is 29.0 Å². The average Bonchev–Trinajstić information content (AvgIpc) is 3.49. The monoisotopic (exact) mass is 531 g/mol. The van der Waals surface area contributed by atoms with E-state index in [2.05, 4.69) is 21.6 Å². The molecule has 3 amide bonds. The summed E-state index contributed by atoms with van der Waals surface area (Å²) in [7, 11) is 1.82. The minimum Gasteiger partial charge on any atom is -0.457 e. The summed E-state index contributed by atoms with van der Waals surface area (Å²) in [4.78, 5) is 29.4. The zero-order valence-corrected chi connectivity index (χ0v) is 22.1. The van der Waals surface area contributed by atoms with Gasteiger partial charge in [-0.05, 0) is 91.3 Å². The number of carbonyl (C=O) groups is 2. The Bertz CT molecular complexity index is 1500. The molecule has 0 aromatic heterocycles. The maximum Gasteiger partial charge on any atom is 0.323 e. The van der Waals surface area contributed by atoms with E-state index >= 15 is 0 Å². The van der Waals surface area contributed by atoms with Gasteiger partial charge in [-0.15, -0.1) is 0 Å². The molecule has 4 aromatic rings. The Balaban J connectivity index is 1.11. The predicted molar refractivity (Wildman–Crippen MR) is 156 cm³/mol. The SMILES string of the molecule is CN(C(=O)c1ccc(C#N)cc1)C1CCN(c2ccc(NC(=O)Nc3ccc(Oc4ccccc4)cc3)cc2)C1. The van der Waals surface area contributed by atoms with Crippen molar-refractivity contribution in [2.45, 2.75) is 12.5 Å². The lowest BCUT2D eigenvalue weighted by atomic mass is 10.1. The molecular weight excluding hydrogens is 502 g/mol. The van der Waals surface area contributed by atoms with Crippen molar-refractivity contribution in [3.8, 4) is 17.6 Å². The van der Waals surface area contributed by atoms with Crippen LogP contribution < -0.4 is 20.3 Å². The molecule has 1 saturated heterocycles. The van der Waals surface area contributed by atoms with Gasteiger partial charge in [0.15, 0.2) is 0 Å². The summed E-state index contributed by atoms with van der Waals surface area (Å²) >= 11 is 0. The Morgan fingerprint density at radius 1 is 0.850 bits per heavy atom. The lowest BCUT2D eigenvalue weighted by molar-refractivity contribution is 0.0745. The van der Waals surface area contributed by atoms with Gasteiger partial charge in [0, 0.05) is 42.8 Å². The Morgan fingerprint density at radius 3 is 2.08 bits per heavy atom. The lowest BCUT2D eigenvalue weighted by Crippen LogP contribution is -2.39. The number of benzene rings is 4. The third kappa shape index (κ3) is 6.40. The van der Waals surface area contributed by atoms with E-state index in [0.29, 0.717) is 28.3 Å². The van der Waals surface area contributed by atoms with E-state index in [1.807, 2.05) is 61.6 Å². The molecule has 5 rings (SSSR count). The summed E-state index contributed by atoms with van der Waals surface area (Å²) in [5.74, 6) is 1.37. The van der Waals surface area contributed by atoms with Gasteiger partial charge in [-0.3, -0.25) is 4.79 Å². The summed E-state index contributed by atoms with van der Waals surface area (Å²) in [5, 5.41) is 14.7. The molecular formula is C32H29N5O3. The summed E-state index contributed by atoms with van der Waals surface area (Å²) in [6.07, 6.45) is 0.857. The normalized spacial score (nSPS) is 14.2. The number of hydrogen-bond donors (Lipinski definition) is 2. The van der Waals surface area contributed by atoms with E-state index < -0.39 is 0 Å². The van der Waals surface area contributed by atoms with Crippen molar-refractivity contribution in [2.75, 3.05) is 35.7 Å². The van der Waals surface area contributed by atoms with E-state index in [1.54, 1.807) is 53.4 Å². The number of hydrogen-bond acceptors (Lipinski definition) is 5. The van der Waals surface area contributed by atoms with Crippen LogP contribution in [0.25, 0.3) is 0 Å². The molecule has 8 nitrogen and oxygen atoms in total. The minimum atomic E-state index is -0.339. The molecule has 200 valence electrons. The first kappa shape index (κ1) is 26.3.